The third kappa shape index (κ3) is 5.66. The molecule has 2 aliphatic rings. The lowest BCUT2D eigenvalue weighted by Gasteiger charge is -2.19. The van der Waals surface area contributed by atoms with Gasteiger partial charge < -0.3 is 25.1 Å². The fourth-order valence-corrected chi connectivity index (χ4v) is 4.69. The van der Waals surface area contributed by atoms with Crippen molar-refractivity contribution in [1.29, 1.82) is 0 Å². The highest BCUT2D eigenvalue weighted by molar-refractivity contribution is 7.85. The van der Waals surface area contributed by atoms with E-state index in [9.17, 15) is 27.5 Å². The predicted octanol–water partition coefficient (Wildman–Crippen LogP) is 1.90. The average molecular weight is 548 g/mol. The van der Waals surface area contributed by atoms with Gasteiger partial charge >= 0.3 is 5.97 Å². The molecule has 2 fully saturated rings. The van der Waals surface area contributed by atoms with Crippen molar-refractivity contribution in [2.45, 2.75) is 23.8 Å². The number of oxime groups is 1. The van der Waals surface area contributed by atoms with Crippen LogP contribution in [0.25, 0.3) is 11.0 Å². The molecule has 3 aromatic rings. The van der Waals surface area contributed by atoms with Crippen LogP contribution in [0.2, 0.25) is 0 Å². The van der Waals surface area contributed by atoms with Gasteiger partial charge in [0.1, 0.15) is 18.3 Å². The summed E-state index contributed by atoms with van der Waals surface area (Å²) in [5.74, 6) is -2.03. The molecule has 1 aliphatic carbocycles. The second-order valence-corrected chi connectivity index (χ2v) is 10.3. The van der Waals surface area contributed by atoms with Crippen LogP contribution < -0.4 is 16.1 Å². The van der Waals surface area contributed by atoms with Gasteiger partial charge in [-0.3, -0.25) is 9.35 Å². The number of fused-ring (bicyclic) bond motifs is 1. The first-order valence-electron chi connectivity index (χ1n) is 11.6. The van der Waals surface area contributed by atoms with Gasteiger partial charge in [0.25, 0.3) is 10.1 Å². The molecule has 38 heavy (non-hydrogen) atoms. The van der Waals surface area contributed by atoms with Gasteiger partial charge in [0.15, 0.2) is 11.6 Å². The molecule has 202 valence electrons. The minimum absolute atomic E-state index is 0.0339. The van der Waals surface area contributed by atoms with E-state index in [2.05, 4.69) is 10.1 Å². The molecular formula is C24H26FN5O7S. The lowest BCUT2D eigenvalue weighted by molar-refractivity contribution is 0.0694. The molecule has 3 heterocycles. The summed E-state index contributed by atoms with van der Waals surface area (Å²) in [5, 5.41) is 13.2. The second kappa shape index (κ2) is 10.8. The van der Waals surface area contributed by atoms with Crippen LogP contribution in [0, 0.1) is 11.7 Å². The Bertz CT molecular complexity index is 1560. The van der Waals surface area contributed by atoms with Crippen LogP contribution in [-0.4, -0.2) is 66.1 Å². The van der Waals surface area contributed by atoms with Gasteiger partial charge in [-0.1, -0.05) is 23.4 Å². The summed E-state index contributed by atoms with van der Waals surface area (Å²) >= 11 is 0. The van der Waals surface area contributed by atoms with Crippen molar-refractivity contribution < 1.29 is 32.1 Å². The highest BCUT2D eigenvalue weighted by atomic mass is 32.2. The number of rotatable bonds is 6. The molecule has 0 spiro atoms. The molecule has 1 saturated heterocycles. The molecule has 12 nitrogen and oxygen atoms in total. The topological polar surface area (TPSA) is 177 Å². The van der Waals surface area contributed by atoms with Crippen LogP contribution >= 0.6 is 0 Å². The van der Waals surface area contributed by atoms with Crippen molar-refractivity contribution in [3.63, 3.8) is 0 Å². The molecule has 4 N–H and O–H groups in total. The number of carboxylic acid groups (broad SMARTS) is 1. The normalized spacial score (nSPS) is 18.4. The Morgan fingerprint density at radius 1 is 1.29 bits per heavy atom. The van der Waals surface area contributed by atoms with Gasteiger partial charge in [-0.25, -0.2) is 14.2 Å². The molecular weight excluding hydrogens is 521 g/mol. The van der Waals surface area contributed by atoms with E-state index in [4.69, 9.17) is 15.1 Å². The highest BCUT2D eigenvalue weighted by Gasteiger charge is 2.33. The first-order valence-corrected chi connectivity index (χ1v) is 13.0. The van der Waals surface area contributed by atoms with Gasteiger partial charge in [-0.15, -0.1) is 0 Å². The van der Waals surface area contributed by atoms with Crippen molar-refractivity contribution in [3.8, 4) is 0 Å². The van der Waals surface area contributed by atoms with Crippen molar-refractivity contribution in [2.75, 3.05) is 31.6 Å². The maximum absolute atomic E-state index is 14.9. The number of nitrogens with two attached hydrogens (primary N) is 1. The number of benzene rings is 1. The summed E-state index contributed by atoms with van der Waals surface area (Å²) in [5.41, 5.74) is 5.65. The van der Waals surface area contributed by atoms with E-state index in [1.165, 1.54) is 25.4 Å². The van der Waals surface area contributed by atoms with Gasteiger partial charge in [0.05, 0.1) is 22.5 Å². The number of aromatic nitrogens is 2. The number of halogens is 1. The lowest BCUT2D eigenvalue weighted by atomic mass is 10.1. The highest BCUT2D eigenvalue weighted by Crippen LogP contribution is 2.37. The largest absolute Gasteiger partial charge is 0.477 e. The zero-order valence-corrected chi connectivity index (χ0v) is 21.1. The van der Waals surface area contributed by atoms with Crippen LogP contribution in [0.3, 0.4) is 0 Å². The summed E-state index contributed by atoms with van der Waals surface area (Å²) in [6.45, 7) is 1.07. The number of carbonyl (C=O) groups is 1. The maximum Gasteiger partial charge on any atom is 0.341 e. The minimum atomic E-state index is -4.00. The van der Waals surface area contributed by atoms with Crippen molar-refractivity contribution in [3.05, 3.63) is 64.2 Å². The Balaban J connectivity index is 0.000000283. The average Bonchev–Trinajstić information content (AvgIpc) is 3.64. The molecule has 1 saturated carbocycles. The molecule has 1 atom stereocenters. The Morgan fingerprint density at radius 2 is 1.97 bits per heavy atom. The summed E-state index contributed by atoms with van der Waals surface area (Å²) < 4.78 is 45.8. The predicted molar refractivity (Wildman–Crippen MR) is 137 cm³/mol. The number of hydrogen-bond acceptors (Lipinski definition) is 9. The zero-order chi connectivity index (χ0) is 27.6. The fourth-order valence-electron chi connectivity index (χ4n) is 4.19. The van der Waals surface area contributed by atoms with E-state index in [-0.39, 0.29) is 39.3 Å². The minimum Gasteiger partial charge on any atom is -0.477 e. The summed E-state index contributed by atoms with van der Waals surface area (Å²) in [6.07, 6.45) is 3.02. The number of aromatic carboxylic acids is 1. The van der Waals surface area contributed by atoms with E-state index in [0.29, 0.717) is 25.3 Å². The van der Waals surface area contributed by atoms with E-state index in [1.807, 2.05) is 0 Å². The fraction of sp³-hybridized carbons (Fsp3) is 0.333. The molecule has 0 amide bonds. The van der Waals surface area contributed by atoms with E-state index in [1.54, 1.807) is 27.7 Å². The lowest BCUT2D eigenvalue weighted by Crippen LogP contribution is -2.26. The van der Waals surface area contributed by atoms with E-state index in [0.717, 1.165) is 18.9 Å². The van der Waals surface area contributed by atoms with Crippen LogP contribution in [0.4, 0.5) is 10.2 Å². The third-order valence-corrected chi connectivity index (χ3v) is 7.08. The van der Waals surface area contributed by atoms with Gasteiger partial charge in [0.2, 0.25) is 5.43 Å². The van der Waals surface area contributed by atoms with Crippen LogP contribution in [0.5, 0.6) is 0 Å². The third-order valence-electron chi connectivity index (χ3n) is 6.21. The molecule has 0 radical (unpaired) electrons. The Labute approximate surface area is 216 Å². The Hall–Kier alpha value is -3.88. The van der Waals surface area contributed by atoms with Crippen molar-refractivity contribution in [1.82, 2.24) is 9.55 Å². The van der Waals surface area contributed by atoms with Crippen LogP contribution in [0.15, 0.2) is 57.4 Å². The molecule has 14 heteroatoms. The zero-order valence-electron chi connectivity index (χ0n) is 20.3. The van der Waals surface area contributed by atoms with Crippen LogP contribution in [0.1, 0.15) is 29.2 Å². The smallest absolute Gasteiger partial charge is 0.341 e. The van der Waals surface area contributed by atoms with Crippen LogP contribution in [-0.2, 0) is 15.0 Å². The molecule has 1 unspecified atom stereocenters. The molecule has 1 aliphatic heterocycles. The Morgan fingerprint density at radius 3 is 2.50 bits per heavy atom. The standard InChI is InChI=1S/C18H20FN5O4.C6H6O3S/c1-28-22-14-8-23(6-9(14)5-20)17-13(19)4-11-15(25)12(18(26)27)7-24(10-2-3-10)16(11)21-17;7-10(8,9)6-4-2-1-3-5-6/h4,7,9-10H,2-3,5-6,8,20H2,1H3,(H,26,27);1-5H,(H,7,8,9)/b22-14-;. The summed E-state index contributed by atoms with van der Waals surface area (Å²) in [4.78, 5) is 34.8. The number of hydrogen-bond donors (Lipinski definition) is 3. The molecule has 0 bridgehead atoms. The molecule has 5 rings (SSSR count). The first-order chi connectivity index (χ1) is 18.0. The monoisotopic (exact) mass is 547 g/mol. The number of pyridine rings is 2. The maximum atomic E-state index is 14.9. The van der Waals surface area contributed by atoms with Gasteiger partial charge in [0, 0.05) is 31.2 Å². The first kappa shape index (κ1) is 27.2. The number of carboxylic acids is 1. The van der Waals surface area contributed by atoms with Gasteiger partial charge in [-0.2, -0.15) is 8.42 Å². The summed E-state index contributed by atoms with van der Waals surface area (Å²) in [7, 11) is -2.57. The molecule has 2 aromatic heterocycles. The SMILES string of the molecule is CO/N=C1/CN(c2nc3c(cc2F)c(=O)c(C(=O)O)cn3C2CC2)CC1CN.O=S(=O)(O)c1ccccc1. The van der Waals surface area contributed by atoms with Crippen molar-refractivity contribution in [2.24, 2.45) is 16.8 Å². The second-order valence-electron chi connectivity index (χ2n) is 8.85. The van der Waals surface area contributed by atoms with E-state index >= 15 is 0 Å². The molecule has 1 aromatic carbocycles. The quantitative estimate of drug-likeness (QED) is 0.305. The number of anilines is 1. The van der Waals surface area contributed by atoms with Gasteiger partial charge in [-0.05, 0) is 31.0 Å². The van der Waals surface area contributed by atoms with E-state index < -0.39 is 27.3 Å². The van der Waals surface area contributed by atoms with Crippen molar-refractivity contribution >= 4 is 38.7 Å². The Kier molecular flexibility index (Phi) is 7.76. The number of nitrogens with zero attached hydrogens (tertiary/aromatic N) is 4. The summed E-state index contributed by atoms with van der Waals surface area (Å²) in [6, 6.07) is 8.56.